The number of nitrogens with one attached hydrogen (secondary N) is 1. The van der Waals surface area contributed by atoms with Crippen molar-refractivity contribution >= 4 is 9.84 Å². The molecule has 0 aliphatic carbocycles. The molecular weight excluding hydrogens is 262 g/mol. The summed E-state index contributed by atoms with van der Waals surface area (Å²) < 4.78 is 28.6. The van der Waals surface area contributed by atoms with Gasteiger partial charge >= 0.3 is 0 Å². The number of sulfone groups is 1. The predicted molar refractivity (Wildman–Crippen MR) is 79.0 cm³/mol. The van der Waals surface area contributed by atoms with Crippen molar-refractivity contribution < 1.29 is 13.2 Å². The fourth-order valence-corrected chi connectivity index (χ4v) is 4.64. The lowest BCUT2D eigenvalue weighted by atomic mass is 9.87. The molecule has 3 atom stereocenters. The molecule has 0 aromatic rings. The van der Waals surface area contributed by atoms with Crippen LogP contribution in [0.1, 0.15) is 33.6 Å². The monoisotopic (exact) mass is 291 g/mol. The lowest BCUT2D eigenvalue weighted by Gasteiger charge is -2.26. The van der Waals surface area contributed by atoms with E-state index >= 15 is 0 Å². The molecule has 1 aliphatic rings. The number of hydrogen-bond donors (Lipinski definition) is 1. The van der Waals surface area contributed by atoms with Gasteiger partial charge in [-0.05, 0) is 50.6 Å². The van der Waals surface area contributed by atoms with E-state index in [1.54, 1.807) is 7.11 Å². The summed E-state index contributed by atoms with van der Waals surface area (Å²) in [5.41, 5.74) is 0. The fourth-order valence-electron chi connectivity index (χ4n) is 2.72. The third-order valence-electron chi connectivity index (χ3n) is 3.93. The number of rotatable bonds is 8. The van der Waals surface area contributed by atoms with Gasteiger partial charge in [0.25, 0.3) is 0 Å². The molecule has 0 amide bonds. The second kappa shape index (κ2) is 7.60. The van der Waals surface area contributed by atoms with E-state index in [0.717, 1.165) is 25.9 Å². The van der Waals surface area contributed by atoms with Crippen molar-refractivity contribution in [1.82, 2.24) is 5.32 Å². The van der Waals surface area contributed by atoms with Gasteiger partial charge < -0.3 is 10.1 Å². The van der Waals surface area contributed by atoms with Crippen molar-refractivity contribution in [2.45, 2.75) is 39.7 Å². The van der Waals surface area contributed by atoms with E-state index in [1.165, 1.54) is 0 Å². The largest absolute Gasteiger partial charge is 0.382 e. The van der Waals surface area contributed by atoms with Gasteiger partial charge in [-0.3, -0.25) is 0 Å². The van der Waals surface area contributed by atoms with Gasteiger partial charge in [-0.1, -0.05) is 13.8 Å². The molecule has 1 saturated heterocycles. The highest BCUT2D eigenvalue weighted by Gasteiger charge is 2.34. The molecule has 1 heterocycles. The molecule has 0 aromatic carbocycles. The molecule has 114 valence electrons. The quantitative estimate of drug-likeness (QED) is 0.739. The smallest absolute Gasteiger partial charge is 0.150 e. The predicted octanol–water partition coefficient (Wildman–Crippen LogP) is 1.71. The van der Waals surface area contributed by atoms with E-state index in [4.69, 9.17) is 4.74 Å². The Morgan fingerprint density at radius 1 is 1.26 bits per heavy atom. The van der Waals surface area contributed by atoms with Crippen molar-refractivity contribution in [1.29, 1.82) is 0 Å². The van der Waals surface area contributed by atoms with Crippen LogP contribution in [-0.2, 0) is 14.6 Å². The molecule has 0 aromatic heterocycles. The first-order valence-electron chi connectivity index (χ1n) is 7.28. The first-order valence-corrected chi connectivity index (χ1v) is 9.10. The Hall–Kier alpha value is -0.130. The Morgan fingerprint density at radius 3 is 2.42 bits per heavy atom. The van der Waals surface area contributed by atoms with Gasteiger partial charge in [0.15, 0.2) is 9.84 Å². The molecule has 5 heteroatoms. The number of ether oxygens (including phenoxy) is 1. The van der Waals surface area contributed by atoms with Crippen molar-refractivity contribution in [2.75, 3.05) is 31.7 Å². The zero-order valence-electron chi connectivity index (χ0n) is 12.7. The average molecular weight is 291 g/mol. The van der Waals surface area contributed by atoms with Gasteiger partial charge in [0.2, 0.25) is 0 Å². The topological polar surface area (TPSA) is 55.4 Å². The molecule has 3 unspecified atom stereocenters. The van der Waals surface area contributed by atoms with E-state index in [1.807, 2.05) is 0 Å². The normalized spacial score (nSPS) is 25.6. The van der Waals surface area contributed by atoms with Gasteiger partial charge in [-0.25, -0.2) is 8.42 Å². The molecule has 1 fully saturated rings. The van der Waals surface area contributed by atoms with Crippen molar-refractivity contribution in [3.05, 3.63) is 0 Å². The zero-order chi connectivity index (χ0) is 14.5. The van der Waals surface area contributed by atoms with Gasteiger partial charge in [-0.2, -0.15) is 0 Å². The second-order valence-electron chi connectivity index (χ2n) is 6.26. The van der Waals surface area contributed by atoms with E-state index < -0.39 is 9.84 Å². The molecule has 0 radical (unpaired) electrons. The summed E-state index contributed by atoms with van der Waals surface area (Å²) in [4.78, 5) is 0. The first kappa shape index (κ1) is 16.9. The van der Waals surface area contributed by atoms with Crippen LogP contribution in [0.5, 0.6) is 0 Å². The molecule has 19 heavy (non-hydrogen) atoms. The maximum absolute atomic E-state index is 11.6. The summed E-state index contributed by atoms with van der Waals surface area (Å²) in [5, 5.41) is 3.47. The van der Waals surface area contributed by atoms with E-state index in [-0.39, 0.29) is 6.10 Å². The van der Waals surface area contributed by atoms with Crippen LogP contribution in [-0.4, -0.2) is 46.2 Å². The average Bonchev–Trinajstić information content (AvgIpc) is 2.67. The Morgan fingerprint density at radius 2 is 1.95 bits per heavy atom. The SMILES string of the molecule is COC(C)CC(CNCC(C)C)C1CCS(=O)(=O)C1. The highest BCUT2D eigenvalue weighted by atomic mass is 32.2. The molecule has 0 spiro atoms. The second-order valence-corrected chi connectivity index (χ2v) is 8.49. The third kappa shape index (κ3) is 6.23. The van der Waals surface area contributed by atoms with Crippen molar-refractivity contribution in [2.24, 2.45) is 17.8 Å². The summed E-state index contributed by atoms with van der Waals surface area (Å²) >= 11 is 0. The fraction of sp³-hybridized carbons (Fsp3) is 1.00. The van der Waals surface area contributed by atoms with Crippen LogP contribution < -0.4 is 5.32 Å². The molecule has 4 nitrogen and oxygen atoms in total. The van der Waals surface area contributed by atoms with Crippen LogP contribution in [0.4, 0.5) is 0 Å². The van der Waals surface area contributed by atoms with Crippen molar-refractivity contribution in [3.8, 4) is 0 Å². The summed E-state index contributed by atoms with van der Waals surface area (Å²) in [6.45, 7) is 8.29. The van der Waals surface area contributed by atoms with E-state index in [2.05, 4.69) is 26.1 Å². The Bertz CT molecular complexity index is 354. The minimum absolute atomic E-state index is 0.189. The maximum atomic E-state index is 11.6. The van der Waals surface area contributed by atoms with Gasteiger partial charge in [0.05, 0.1) is 17.6 Å². The van der Waals surface area contributed by atoms with E-state index in [0.29, 0.717) is 29.3 Å². The third-order valence-corrected chi connectivity index (χ3v) is 5.72. The number of hydrogen-bond acceptors (Lipinski definition) is 4. The van der Waals surface area contributed by atoms with Crippen LogP contribution in [0.15, 0.2) is 0 Å². The Balaban J connectivity index is 2.54. The maximum Gasteiger partial charge on any atom is 0.150 e. The van der Waals surface area contributed by atoms with E-state index in [9.17, 15) is 8.42 Å². The standard InChI is InChI=1S/C14H29NO3S/c1-11(2)8-15-9-14(7-12(3)18-4)13-5-6-19(16,17)10-13/h11-15H,5-10H2,1-4H3. The van der Waals surface area contributed by atoms with Gasteiger partial charge in [-0.15, -0.1) is 0 Å². The van der Waals surface area contributed by atoms with Crippen LogP contribution >= 0.6 is 0 Å². The summed E-state index contributed by atoms with van der Waals surface area (Å²) in [6, 6.07) is 0. The Labute approximate surface area is 118 Å². The molecule has 0 bridgehead atoms. The first-order chi connectivity index (χ1) is 8.84. The minimum Gasteiger partial charge on any atom is -0.382 e. The molecular formula is C14H29NO3S. The summed E-state index contributed by atoms with van der Waals surface area (Å²) in [5.74, 6) is 2.03. The van der Waals surface area contributed by atoms with Gasteiger partial charge in [0, 0.05) is 7.11 Å². The number of methoxy groups -OCH3 is 1. The van der Waals surface area contributed by atoms with Crippen LogP contribution in [0.2, 0.25) is 0 Å². The summed E-state index contributed by atoms with van der Waals surface area (Å²) in [7, 11) is -1.08. The van der Waals surface area contributed by atoms with Gasteiger partial charge in [0.1, 0.15) is 0 Å². The van der Waals surface area contributed by atoms with Crippen LogP contribution in [0, 0.1) is 17.8 Å². The minimum atomic E-state index is -2.79. The zero-order valence-corrected chi connectivity index (χ0v) is 13.5. The molecule has 1 aliphatic heterocycles. The van der Waals surface area contributed by atoms with Crippen LogP contribution in [0.3, 0.4) is 0 Å². The van der Waals surface area contributed by atoms with Crippen LogP contribution in [0.25, 0.3) is 0 Å². The molecule has 1 rings (SSSR count). The lowest BCUT2D eigenvalue weighted by Crippen LogP contribution is -2.33. The summed E-state index contributed by atoms with van der Waals surface area (Å²) in [6.07, 6.45) is 1.93. The molecule has 1 N–H and O–H groups in total. The highest BCUT2D eigenvalue weighted by molar-refractivity contribution is 7.91. The van der Waals surface area contributed by atoms with Crippen molar-refractivity contribution in [3.63, 3.8) is 0 Å². The molecule has 0 saturated carbocycles. The lowest BCUT2D eigenvalue weighted by molar-refractivity contribution is 0.0852. The highest BCUT2D eigenvalue weighted by Crippen LogP contribution is 2.29. The Kier molecular flexibility index (Phi) is 6.77.